The highest BCUT2D eigenvalue weighted by Crippen LogP contribution is 2.16. The van der Waals surface area contributed by atoms with Crippen molar-refractivity contribution >= 4 is 15.5 Å². The summed E-state index contributed by atoms with van der Waals surface area (Å²) in [5, 5.41) is 2.13. The maximum absolute atomic E-state index is 11.2. The van der Waals surface area contributed by atoms with Crippen molar-refractivity contribution in [2.45, 2.75) is 6.42 Å². The van der Waals surface area contributed by atoms with Gasteiger partial charge in [0.05, 0.1) is 18.1 Å². The normalized spacial score (nSPS) is 22.6. The maximum Gasteiger partial charge on any atom is 0.150 e. The van der Waals surface area contributed by atoms with Crippen molar-refractivity contribution in [2.24, 2.45) is 5.92 Å². The van der Waals surface area contributed by atoms with Crippen LogP contribution < -0.4 is 17.7 Å². The van der Waals surface area contributed by atoms with E-state index < -0.39 is 9.84 Å². The molecular weight excluding hydrogens is 246 g/mol. The van der Waals surface area contributed by atoms with E-state index in [1.807, 2.05) is 30.3 Å². The zero-order valence-corrected chi connectivity index (χ0v) is 10.5. The Bertz CT molecular complexity index is 419. The molecule has 0 aromatic heterocycles. The molecule has 0 amide bonds. The summed E-state index contributed by atoms with van der Waals surface area (Å²) in [6.07, 6.45) is 0.825. The predicted molar refractivity (Wildman–Crippen MR) is 59.7 cm³/mol. The number of nitrogens with two attached hydrogens (primary N) is 1. The van der Waals surface area contributed by atoms with Gasteiger partial charge < -0.3 is 17.7 Å². The third kappa shape index (κ3) is 3.77. The van der Waals surface area contributed by atoms with Gasteiger partial charge in [0.2, 0.25) is 0 Å². The van der Waals surface area contributed by atoms with Crippen molar-refractivity contribution in [3.63, 3.8) is 0 Å². The van der Waals surface area contributed by atoms with Gasteiger partial charge in [-0.05, 0) is 18.6 Å². The van der Waals surface area contributed by atoms with Crippen LogP contribution in [0.3, 0.4) is 0 Å². The quantitative estimate of drug-likeness (QED) is 0.603. The molecule has 2 N–H and O–H groups in total. The minimum Gasteiger partial charge on any atom is -1.00 e. The van der Waals surface area contributed by atoms with Crippen LogP contribution in [0.25, 0.3) is 0 Å². The Hall–Kier alpha value is -0.580. The van der Waals surface area contributed by atoms with Crippen molar-refractivity contribution in [1.82, 2.24) is 0 Å². The van der Waals surface area contributed by atoms with Gasteiger partial charge in [-0.25, -0.2) is 8.42 Å². The fourth-order valence-corrected chi connectivity index (χ4v) is 3.83. The van der Waals surface area contributed by atoms with E-state index >= 15 is 0 Å². The van der Waals surface area contributed by atoms with Gasteiger partial charge in [0.25, 0.3) is 0 Å². The molecule has 2 rings (SSSR count). The fourth-order valence-electron chi connectivity index (χ4n) is 1.95. The lowest BCUT2D eigenvalue weighted by Gasteiger charge is -2.05. The van der Waals surface area contributed by atoms with E-state index in [0.717, 1.165) is 13.0 Å². The van der Waals surface area contributed by atoms with E-state index in [0.29, 0.717) is 17.4 Å². The van der Waals surface area contributed by atoms with Crippen LogP contribution in [0.1, 0.15) is 6.42 Å². The smallest absolute Gasteiger partial charge is 0.150 e. The minimum absolute atomic E-state index is 0. The molecule has 0 bridgehead atoms. The monoisotopic (exact) mass is 261 g/mol. The molecule has 0 radical (unpaired) electrons. The van der Waals surface area contributed by atoms with Crippen LogP contribution in [0.5, 0.6) is 0 Å². The lowest BCUT2D eigenvalue weighted by molar-refractivity contribution is -0.577. The number of benzene rings is 1. The first-order chi connectivity index (χ1) is 7.16. The molecule has 1 aliphatic heterocycles. The molecule has 1 unspecified atom stereocenters. The summed E-state index contributed by atoms with van der Waals surface area (Å²) >= 11 is 0. The molecule has 90 valence electrons. The van der Waals surface area contributed by atoms with E-state index in [-0.39, 0.29) is 12.4 Å². The van der Waals surface area contributed by atoms with Crippen LogP contribution >= 0.6 is 0 Å². The molecule has 1 atom stereocenters. The van der Waals surface area contributed by atoms with Gasteiger partial charge in [0.15, 0.2) is 9.84 Å². The summed E-state index contributed by atoms with van der Waals surface area (Å²) < 4.78 is 22.5. The summed E-state index contributed by atoms with van der Waals surface area (Å²) in [5.74, 6) is 1.08. The van der Waals surface area contributed by atoms with Crippen molar-refractivity contribution < 1.29 is 26.1 Å². The summed E-state index contributed by atoms with van der Waals surface area (Å²) in [4.78, 5) is 0. The Morgan fingerprint density at radius 3 is 2.50 bits per heavy atom. The van der Waals surface area contributed by atoms with Gasteiger partial charge in [0.1, 0.15) is 5.69 Å². The van der Waals surface area contributed by atoms with Gasteiger partial charge in [-0.15, -0.1) is 0 Å². The Labute approximate surface area is 103 Å². The molecule has 16 heavy (non-hydrogen) atoms. The predicted octanol–water partition coefficient (Wildman–Crippen LogP) is -2.68. The third-order valence-corrected chi connectivity index (χ3v) is 4.65. The molecule has 1 aromatic carbocycles. The van der Waals surface area contributed by atoms with E-state index in [2.05, 4.69) is 5.32 Å². The standard InChI is InChI=1S/C11H15NO2S.ClH/c13-15(14)7-6-10(9-15)8-12-11-4-2-1-3-5-11;/h1-5,10,12H,6-9H2;1H. The molecule has 0 spiro atoms. The molecule has 3 nitrogen and oxygen atoms in total. The summed E-state index contributed by atoms with van der Waals surface area (Å²) in [7, 11) is -2.72. The van der Waals surface area contributed by atoms with Gasteiger partial charge in [-0.2, -0.15) is 0 Å². The van der Waals surface area contributed by atoms with Crippen LogP contribution in [0.2, 0.25) is 0 Å². The van der Waals surface area contributed by atoms with Crippen LogP contribution in [0.4, 0.5) is 5.69 Å². The SMILES string of the molecule is O=S1(=O)CCC(C[NH2+]c2ccccc2)C1.[Cl-]. The van der Waals surface area contributed by atoms with Crippen molar-refractivity contribution in [1.29, 1.82) is 0 Å². The Kier molecular flexibility index (Phi) is 4.77. The Balaban J connectivity index is 0.00000128. The van der Waals surface area contributed by atoms with E-state index in [4.69, 9.17) is 0 Å². The number of quaternary nitrogens is 1. The molecule has 1 aromatic rings. The molecule has 1 fully saturated rings. The third-order valence-electron chi connectivity index (χ3n) is 2.81. The second-order valence-electron chi connectivity index (χ2n) is 4.12. The van der Waals surface area contributed by atoms with Crippen LogP contribution in [0, 0.1) is 5.92 Å². The Morgan fingerprint density at radius 1 is 1.25 bits per heavy atom. The fraction of sp³-hybridized carbons (Fsp3) is 0.455. The first-order valence-corrected chi connectivity index (χ1v) is 7.06. The number of sulfone groups is 1. The van der Waals surface area contributed by atoms with E-state index in [9.17, 15) is 8.42 Å². The highest BCUT2D eigenvalue weighted by Gasteiger charge is 2.28. The lowest BCUT2D eigenvalue weighted by Crippen LogP contribution is -3.00. The summed E-state index contributed by atoms with van der Waals surface area (Å²) in [6, 6.07) is 10.1. The van der Waals surface area contributed by atoms with Gasteiger partial charge in [0, 0.05) is 5.92 Å². The first kappa shape index (κ1) is 13.5. The van der Waals surface area contributed by atoms with Gasteiger partial charge in [-0.1, -0.05) is 18.2 Å². The summed E-state index contributed by atoms with van der Waals surface area (Å²) in [5.41, 5.74) is 1.18. The molecule has 0 aliphatic carbocycles. The van der Waals surface area contributed by atoms with Crippen LogP contribution in [-0.2, 0) is 9.84 Å². The lowest BCUT2D eigenvalue weighted by atomic mass is 10.1. The number of halogens is 1. The second kappa shape index (κ2) is 5.66. The second-order valence-corrected chi connectivity index (χ2v) is 6.35. The highest BCUT2D eigenvalue weighted by atomic mass is 35.5. The minimum atomic E-state index is -2.72. The molecule has 0 saturated carbocycles. The largest absolute Gasteiger partial charge is 1.00 e. The molecule has 1 heterocycles. The average Bonchev–Trinajstić information content (AvgIpc) is 2.57. The van der Waals surface area contributed by atoms with Crippen molar-refractivity contribution in [2.75, 3.05) is 18.1 Å². The van der Waals surface area contributed by atoms with Crippen LogP contribution in [-0.4, -0.2) is 26.5 Å². The molecule has 1 aliphatic rings. The number of hydrogen-bond acceptors (Lipinski definition) is 2. The summed E-state index contributed by atoms with van der Waals surface area (Å²) in [6.45, 7) is 0.878. The zero-order valence-electron chi connectivity index (χ0n) is 8.97. The van der Waals surface area contributed by atoms with Crippen molar-refractivity contribution in [3.8, 4) is 0 Å². The number of hydrogen-bond donors (Lipinski definition) is 1. The van der Waals surface area contributed by atoms with Gasteiger partial charge in [-0.3, -0.25) is 0 Å². The van der Waals surface area contributed by atoms with Gasteiger partial charge >= 0.3 is 0 Å². The Morgan fingerprint density at radius 2 is 1.94 bits per heavy atom. The number of rotatable bonds is 3. The number of para-hydroxylation sites is 1. The zero-order chi connectivity index (χ0) is 10.7. The molecular formula is C11H16ClNO2S. The molecule has 5 heteroatoms. The highest BCUT2D eigenvalue weighted by molar-refractivity contribution is 7.91. The maximum atomic E-state index is 11.2. The molecule has 1 saturated heterocycles. The van der Waals surface area contributed by atoms with Crippen LogP contribution in [0.15, 0.2) is 30.3 Å². The first-order valence-electron chi connectivity index (χ1n) is 5.24. The average molecular weight is 262 g/mol. The topological polar surface area (TPSA) is 50.8 Å². The van der Waals surface area contributed by atoms with E-state index in [1.165, 1.54) is 5.69 Å². The van der Waals surface area contributed by atoms with Crippen molar-refractivity contribution in [3.05, 3.63) is 30.3 Å². The van der Waals surface area contributed by atoms with E-state index in [1.54, 1.807) is 0 Å².